The first-order valence-corrected chi connectivity index (χ1v) is 9.80. The van der Waals surface area contributed by atoms with Crippen LogP contribution in [0.5, 0.6) is 5.75 Å². The van der Waals surface area contributed by atoms with Crippen LogP contribution in [-0.4, -0.2) is 12.1 Å². The number of ether oxygens (including phenoxy) is 1. The highest BCUT2D eigenvalue weighted by Crippen LogP contribution is 2.19. The van der Waals surface area contributed by atoms with Crippen molar-refractivity contribution < 1.29 is 9.53 Å². The maximum Gasteiger partial charge on any atom is 0.244 e. The third kappa shape index (κ3) is 6.22. The van der Waals surface area contributed by atoms with Crippen molar-refractivity contribution in [2.75, 3.05) is 0 Å². The van der Waals surface area contributed by atoms with Crippen LogP contribution in [0, 0.1) is 0 Å². The number of nitrogens with one attached hydrogen (secondary N) is 1. The molecule has 0 heterocycles. The Morgan fingerprint density at radius 3 is 2.64 bits per heavy atom. The van der Waals surface area contributed by atoms with Gasteiger partial charge in [0.2, 0.25) is 5.91 Å². The van der Waals surface area contributed by atoms with Gasteiger partial charge in [-0.25, -0.2) is 5.43 Å². The molecule has 0 spiro atoms. The zero-order valence-electron chi connectivity index (χ0n) is 14.9. The Morgan fingerprint density at radius 2 is 1.86 bits per heavy atom. The van der Waals surface area contributed by atoms with Gasteiger partial charge in [0.05, 0.1) is 12.6 Å². The van der Waals surface area contributed by atoms with E-state index < -0.39 is 0 Å². The first-order chi connectivity index (χ1) is 13.6. The molecule has 3 aromatic carbocycles. The molecule has 4 nitrogen and oxygen atoms in total. The number of halogens is 2. The molecule has 0 saturated carbocycles. The molecule has 3 rings (SSSR count). The van der Waals surface area contributed by atoms with Crippen LogP contribution in [0.2, 0.25) is 5.02 Å². The van der Waals surface area contributed by atoms with Crippen LogP contribution in [0.1, 0.15) is 16.7 Å². The van der Waals surface area contributed by atoms with Crippen LogP contribution in [-0.2, 0) is 17.8 Å². The van der Waals surface area contributed by atoms with Gasteiger partial charge >= 0.3 is 0 Å². The number of hydrogen-bond donors (Lipinski definition) is 1. The highest BCUT2D eigenvalue weighted by atomic mass is 79.9. The fraction of sp³-hybridized carbons (Fsp3) is 0.0909. The summed E-state index contributed by atoms with van der Waals surface area (Å²) in [7, 11) is 0. The van der Waals surface area contributed by atoms with Gasteiger partial charge in [-0.15, -0.1) is 0 Å². The van der Waals surface area contributed by atoms with Gasteiger partial charge in [-0.05, 0) is 41.5 Å². The van der Waals surface area contributed by atoms with Crippen LogP contribution >= 0.6 is 27.5 Å². The van der Waals surface area contributed by atoms with E-state index in [4.69, 9.17) is 16.3 Å². The molecule has 1 amide bonds. The van der Waals surface area contributed by atoms with Crippen LogP contribution in [0.3, 0.4) is 0 Å². The lowest BCUT2D eigenvalue weighted by atomic mass is 10.1. The predicted octanol–water partition coefficient (Wildman–Crippen LogP) is 5.37. The summed E-state index contributed by atoms with van der Waals surface area (Å²) in [5.74, 6) is 0.523. The van der Waals surface area contributed by atoms with Gasteiger partial charge in [-0.1, -0.05) is 70.0 Å². The van der Waals surface area contributed by atoms with Gasteiger partial charge in [0.15, 0.2) is 0 Å². The summed E-state index contributed by atoms with van der Waals surface area (Å²) in [6, 6.07) is 22.6. The van der Waals surface area contributed by atoms with E-state index in [9.17, 15) is 4.79 Å². The lowest BCUT2D eigenvalue weighted by Crippen LogP contribution is -2.19. The number of carbonyl (C=O) groups excluding carboxylic acids is 1. The largest absolute Gasteiger partial charge is 0.489 e. The van der Waals surface area contributed by atoms with Gasteiger partial charge in [0.25, 0.3) is 0 Å². The summed E-state index contributed by atoms with van der Waals surface area (Å²) in [5.41, 5.74) is 5.20. The van der Waals surface area contributed by atoms with E-state index >= 15 is 0 Å². The van der Waals surface area contributed by atoms with Crippen molar-refractivity contribution in [1.29, 1.82) is 0 Å². The number of carbonyl (C=O) groups is 1. The van der Waals surface area contributed by atoms with Gasteiger partial charge in [0.1, 0.15) is 12.4 Å². The third-order valence-corrected chi connectivity index (χ3v) is 4.79. The van der Waals surface area contributed by atoms with Crippen LogP contribution in [0.15, 0.2) is 82.4 Å². The Kier molecular flexibility index (Phi) is 7.23. The fourth-order valence-corrected chi connectivity index (χ4v) is 2.92. The molecule has 0 aliphatic rings. The molecule has 0 aliphatic carbocycles. The lowest BCUT2D eigenvalue weighted by molar-refractivity contribution is -0.120. The van der Waals surface area contributed by atoms with E-state index in [0.29, 0.717) is 17.4 Å². The maximum absolute atomic E-state index is 12.0. The minimum atomic E-state index is -0.176. The monoisotopic (exact) mass is 456 g/mol. The summed E-state index contributed by atoms with van der Waals surface area (Å²) in [6.45, 7) is 0.379. The van der Waals surface area contributed by atoms with E-state index in [1.54, 1.807) is 6.21 Å². The van der Waals surface area contributed by atoms with Crippen molar-refractivity contribution in [3.05, 3.63) is 99.0 Å². The second-order valence-corrected chi connectivity index (χ2v) is 7.37. The van der Waals surface area contributed by atoms with Gasteiger partial charge in [0, 0.05) is 15.1 Å². The number of benzene rings is 3. The Labute approximate surface area is 177 Å². The standard InChI is InChI=1S/C22H18BrClN2O2/c23-19-10-8-16(9-11-19)13-22(27)26-25-14-17-4-3-6-20(12-17)28-15-18-5-1-2-7-21(18)24/h1-12,14H,13,15H2,(H,26,27)/b25-14+. The van der Waals surface area contributed by atoms with Gasteiger partial charge in [-0.3, -0.25) is 4.79 Å². The smallest absolute Gasteiger partial charge is 0.244 e. The molecule has 0 aromatic heterocycles. The SMILES string of the molecule is O=C(Cc1ccc(Br)cc1)N/N=C/c1cccc(OCc2ccccc2Cl)c1. The lowest BCUT2D eigenvalue weighted by Gasteiger charge is -2.08. The molecule has 0 bridgehead atoms. The summed E-state index contributed by atoms with van der Waals surface area (Å²) in [6.07, 6.45) is 1.85. The van der Waals surface area contributed by atoms with Crippen molar-refractivity contribution in [3.63, 3.8) is 0 Å². The normalized spacial score (nSPS) is 10.8. The number of hydrazone groups is 1. The van der Waals surface area contributed by atoms with Crippen molar-refractivity contribution in [3.8, 4) is 5.75 Å². The molecular formula is C22H18BrClN2O2. The van der Waals surface area contributed by atoms with E-state index in [0.717, 1.165) is 21.2 Å². The van der Waals surface area contributed by atoms with Crippen LogP contribution in [0.25, 0.3) is 0 Å². The minimum Gasteiger partial charge on any atom is -0.489 e. The average molecular weight is 458 g/mol. The van der Waals surface area contributed by atoms with E-state index in [1.807, 2.05) is 72.8 Å². The Morgan fingerprint density at radius 1 is 1.07 bits per heavy atom. The number of hydrogen-bond acceptors (Lipinski definition) is 3. The molecule has 0 fully saturated rings. The van der Waals surface area contributed by atoms with E-state index in [1.165, 1.54) is 0 Å². The van der Waals surface area contributed by atoms with Crippen molar-refractivity contribution in [2.45, 2.75) is 13.0 Å². The van der Waals surface area contributed by atoms with Crippen molar-refractivity contribution in [1.82, 2.24) is 5.43 Å². The molecule has 0 atom stereocenters. The van der Waals surface area contributed by atoms with Crippen molar-refractivity contribution >= 4 is 39.7 Å². The number of rotatable bonds is 7. The number of amides is 1. The third-order valence-electron chi connectivity index (χ3n) is 3.89. The Bertz CT molecular complexity index is 974. The van der Waals surface area contributed by atoms with Crippen LogP contribution < -0.4 is 10.2 Å². The van der Waals surface area contributed by atoms with Gasteiger partial charge < -0.3 is 4.74 Å². The molecule has 0 radical (unpaired) electrons. The first kappa shape index (κ1) is 20.1. The fourth-order valence-electron chi connectivity index (χ4n) is 2.47. The van der Waals surface area contributed by atoms with E-state index in [-0.39, 0.29) is 12.3 Å². The zero-order valence-corrected chi connectivity index (χ0v) is 17.3. The summed E-state index contributed by atoms with van der Waals surface area (Å²) < 4.78 is 6.77. The second kappa shape index (κ2) is 10.1. The first-order valence-electron chi connectivity index (χ1n) is 8.63. The summed E-state index contributed by atoms with van der Waals surface area (Å²) >= 11 is 9.51. The summed E-state index contributed by atoms with van der Waals surface area (Å²) in [4.78, 5) is 12.0. The molecular weight excluding hydrogens is 440 g/mol. The highest BCUT2D eigenvalue weighted by molar-refractivity contribution is 9.10. The average Bonchev–Trinajstić information content (AvgIpc) is 2.69. The maximum atomic E-state index is 12.0. The molecule has 3 aromatic rings. The summed E-state index contributed by atoms with van der Waals surface area (Å²) in [5, 5.41) is 4.69. The highest BCUT2D eigenvalue weighted by Gasteiger charge is 2.03. The quantitative estimate of drug-likeness (QED) is 0.383. The number of nitrogens with zero attached hydrogens (tertiary/aromatic N) is 1. The predicted molar refractivity (Wildman–Crippen MR) is 116 cm³/mol. The zero-order chi connectivity index (χ0) is 19.8. The molecule has 28 heavy (non-hydrogen) atoms. The van der Waals surface area contributed by atoms with Crippen molar-refractivity contribution in [2.24, 2.45) is 5.10 Å². The Balaban J connectivity index is 1.52. The molecule has 142 valence electrons. The molecule has 0 aliphatic heterocycles. The molecule has 0 unspecified atom stereocenters. The molecule has 1 N–H and O–H groups in total. The topological polar surface area (TPSA) is 50.7 Å². The van der Waals surface area contributed by atoms with E-state index in [2.05, 4.69) is 26.5 Å². The molecule has 0 saturated heterocycles. The van der Waals surface area contributed by atoms with Crippen LogP contribution in [0.4, 0.5) is 0 Å². The minimum absolute atomic E-state index is 0.176. The molecule has 6 heteroatoms. The second-order valence-electron chi connectivity index (χ2n) is 6.05. The Hall–Kier alpha value is -2.63. The van der Waals surface area contributed by atoms with Gasteiger partial charge in [-0.2, -0.15) is 5.10 Å².